The quantitative estimate of drug-likeness (QED) is 0.868. The van der Waals surface area contributed by atoms with Crippen molar-refractivity contribution < 1.29 is 23.4 Å². The van der Waals surface area contributed by atoms with Crippen LogP contribution in [0.5, 0.6) is 11.5 Å². The van der Waals surface area contributed by atoms with E-state index in [1.54, 1.807) is 0 Å². The summed E-state index contributed by atoms with van der Waals surface area (Å²) in [6.07, 6.45) is -0.721. The first-order chi connectivity index (χ1) is 9.52. The Balaban J connectivity index is 1.99. The number of carbonyl (C=O) groups is 1. The largest absolute Gasteiger partial charge is 0.508 e. The Hall–Kier alpha value is -2.43. The number of rotatable bonds is 1. The molecule has 1 unspecified atom stereocenters. The van der Waals surface area contributed by atoms with Gasteiger partial charge < -0.3 is 9.84 Å². The van der Waals surface area contributed by atoms with Crippen LogP contribution in [0.3, 0.4) is 0 Å². The summed E-state index contributed by atoms with van der Waals surface area (Å²) in [6.45, 7) is 0. The number of hydrogen-bond donors (Lipinski definition) is 1. The van der Waals surface area contributed by atoms with E-state index in [-0.39, 0.29) is 29.3 Å². The van der Waals surface area contributed by atoms with Gasteiger partial charge in [-0.1, -0.05) is 0 Å². The average Bonchev–Trinajstić information content (AvgIpc) is 2.38. The Kier molecular flexibility index (Phi) is 2.89. The lowest BCUT2D eigenvalue weighted by atomic mass is 9.96. The number of aromatic hydroxyl groups is 1. The molecular weight excluding hydrogens is 266 g/mol. The fourth-order valence-electron chi connectivity index (χ4n) is 2.26. The van der Waals surface area contributed by atoms with Crippen molar-refractivity contribution in [3.63, 3.8) is 0 Å². The summed E-state index contributed by atoms with van der Waals surface area (Å²) in [5.74, 6) is -1.37. The number of ketones is 1. The highest BCUT2D eigenvalue weighted by Gasteiger charge is 2.28. The van der Waals surface area contributed by atoms with Gasteiger partial charge in [0.2, 0.25) is 0 Å². The molecule has 1 heterocycles. The van der Waals surface area contributed by atoms with Crippen LogP contribution in [0.25, 0.3) is 0 Å². The molecule has 0 saturated heterocycles. The first kappa shape index (κ1) is 12.6. The van der Waals surface area contributed by atoms with E-state index in [1.165, 1.54) is 24.3 Å². The van der Waals surface area contributed by atoms with Gasteiger partial charge in [0.1, 0.15) is 29.2 Å². The Morgan fingerprint density at radius 1 is 1.10 bits per heavy atom. The molecule has 0 bridgehead atoms. The maximum absolute atomic E-state index is 13.3. The normalized spacial score (nSPS) is 17.5. The molecule has 1 aliphatic rings. The maximum atomic E-state index is 13.3. The molecule has 0 aromatic heterocycles. The number of ether oxygens (including phenoxy) is 1. The number of hydrogen-bond acceptors (Lipinski definition) is 3. The number of Topliss-reactive ketones (excluding diaryl/α,β-unsaturated/α-hetero) is 1. The van der Waals surface area contributed by atoms with Gasteiger partial charge >= 0.3 is 0 Å². The molecule has 102 valence electrons. The van der Waals surface area contributed by atoms with Gasteiger partial charge in [-0.2, -0.15) is 0 Å². The molecule has 1 aliphatic heterocycles. The predicted molar refractivity (Wildman–Crippen MR) is 66.8 cm³/mol. The van der Waals surface area contributed by atoms with Crippen LogP contribution in [0.2, 0.25) is 0 Å². The van der Waals surface area contributed by atoms with E-state index in [4.69, 9.17) is 4.74 Å². The standard InChI is InChI=1S/C15H10F2O3/c16-9-1-2-14-12(6-9)13(19)7-15(20-14)8-3-10(17)5-11(18)4-8/h1-6,15,18H,7H2. The first-order valence-electron chi connectivity index (χ1n) is 6.02. The molecular formula is C15H10F2O3. The first-order valence-corrected chi connectivity index (χ1v) is 6.02. The summed E-state index contributed by atoms with van der Waals surface area (Å²) in [6, 6.07) is 7.20. The second kappa shape index (κ2) is 4.59. The Morgan fingerprint density at radius 2 is 1.90 bits per heavy atom. The fourth-order valence-corrected chi connectivity index (χ4v) is 2.26. The van der Waals surface area contributed by atoms with Crippen LogP contribution in [0.4, 0.5) is 8.78 Å². The van der Waals surface area contributed by atoms with Gasteiger partial charge in [-0.05, 0) is 35.9 Å². The van der Waals surface area contributed by atoms with Crippen molar-refractivity contribution in [3.05, 3.63) is 59.2 Å². The molecule has 1 atom stereocenters. The van der Waals surface area contributed by atoms with Crippen LogP contribution in [0, 0.1) is 11.6 Å². The van der Waals surface area contributed by atoms with Crippen molar-refractivity contribution >= 4 is 5.78 Å². The number of carbonyl (C=O) groups excluding carboxylic acids is 1. The smallest absolute Gasteiger partial charge is 0.170 e. The lowest BCUT2D eigenvalue weighted by Gasteiger charge is -2.25. The number of benzene rings is 2. The topological polar surface area (TPSA) is 46.5 Å². The number of fused-ring (bicyclic) bond motifs is 1. The number of phenols is 1. The summed E-state index contributed by atoms with van der Waals surface area (Å²) in [4.78, 5) is 12.0. The number of halogens is 2. The van der Waals surface area contributed by atoms with Crippen molar-refractivity contribution in [2.24, 2.45) is 0 Å². The summed E-state index contributed by atoms with van der Waals surface area (Å²) >= 11 is 0. The minimum Gasteiger partial charge on any atom is -0.508 e. The summed E-state index contributed by atoms with van der Waals surface area (Å²) < 4.78 is 32.0. The second-order valence-corrected chi connectivity index (χ2v) is 4.62. The van der Waals surface area contributed by atoms with E-state index >= 15 is 0 Å². The molecule has 0 fully saturated rings. The monoisotopic (exact) mass is 276 g/mol. The minimum absolute atomic E-state index is 0.0284. The molecule has 1 N–H and O–H groups in total. The second-order valence-electron chi connectivity index (χ2n) is 4.62. The van der Waals surface area contributed by atoms with E-state index in [2.05, 4.69) is 0 Å². The summed E-state index contributed by atoms with van der Waals surface area (Å²) in [5.41, 5.74) is 0.549. The zero-order valence-corrected chi connectivity index (χ0v) is 10.3. The van der Waals surface area contributed by atoms with Crippen LogP contribution >= 0.6 is 0 Å². The minimum atomic E-state index is -0.693. The van der Waals surface area contributed by atoms with E-state index in [0.717, 1.165) is 12.1 Å². The molecule has 0 aliphatic carbocycles. The van der Waals surface area contributed by atoms with E-state index in [1.807, 2.05) is 0 Å². The van der Waals surface area contributed by atoms with Gasteiger partial charge in [-0.15, -0.1) is 0 Å². The van der Waals surface area contributed by atoms with Gasteiger partial charge in [0.25, 0.3) is 0 Å². The highest BCUT2D eigenvalue weighted by Crippen LogP contribution is 2.36. The average molecular weight is 276 g/mol. The SMILES string of the molecule is O=C1CC(c2cc(O)cc(F)c2)Oc2ccc(F)cc21. The van der Waals surface area contributed by atoms with Crippen molar-refractivity contribution in [2.45, 2.75) is 12.5 Å². The molecule has 0 radical (unpaired) electrons. The molecule has 3 nitrogen and oxygen atoms in total. The highest BCUT2D eigenvalue weighted by atomic mass is 19.1. The van der Waals surface area contributed by atoms with E-state index in [0.29, 0.717) is 5.56 Å². The van der Waals surface area contributed by atoms with Crippen LogP contribution in [0.15, 0.2) is 36.4 Å². The molecule has 0 saturated carbocycles. The van der Waals surface area contributed by atoms with Crippen molar-refractivity contribution in [1.29, 1.82) is 0 Å². The molecule has 0 spiro atoms. The van der Waals surface area contributed by atoms with Gasteiger partial charge in [0.05, 0.1) is 12.0 Å². The van der Waals surface area contributed by atoms with Crippen molar-refractivity contribution in [1.82, 2.24) is 0 Å². The Morgan fingerprint density at radius 3 is 2.65 bits per heavy atom. The Bertz CT molecular complexity index is 677. The molecule has 5 heteroatoms. The van der Waals surface area contributed by atoms with Crippen LogP contribution in [-0.2, 0) is 0 Å². The van der Waals surface area contributed by atoms with Crippen LogP contribution < -0.4 is 4.74 Å². The fraction of sp³-hybridized carbons (Fsp3) is 0.133. The summed E-state index contributed by atoms with van der Waals surface area (Å²) in [5, 5.41) is 9.39. The third-order valence-electron chi connectivity index (χ3n) is 3.16. The lowest BCUT2D eigenvalue weighted by Crippen LogP contribution is -2.20. The van der Waals surface area contributed by atoms with Gasteiger partial charge in [0.15, 0.2) is 5.78 Å². The van der Waals surface area contributed by atoms with Crippen LogP contribution in [-0.4, -0.2) is 10.9 Å². The number of phenolic OH excluding ortho intramolecular Hbond substituents is 1. The lowest BCUT2D eigenvalue weighted by molar-refractivity contribution is 0.0848. The summed E-state index contributed by atoms with van der Waals surface area (Å²) in [7, 11) is 0. The third kappa shape index (κ3) is 2.22. The molecule has 3 rings (SSSR count). The maximum Gasteiger partial charge on any atom is 0.170 e. The third-order valence-corrected chi connectivity index (χ3v) is 3.16. The highest BCUT2D eigenvalue weighted by molar-refractivity contribution is 6.00. The zero-order chi connectivity index (χ0) is 14.3. The zero-order valence-electron chi connectivity index (χ0n) is 10.3. The molecule has 2 aromatic rings. The molecule has 0 amide bonds. The van der Waals surface area contributed by atoms with Crippen molar-refractivity contribution in [2.75, 3.05) is 0 Å². The van der Waals surface area contributed by atoms with Gasteiger partial charge in [-0.3, -0.25) is 4.79 Å². The van der Waals surface area contributed by atoms with Crippen molar-refractivity contribution in [3.8, 4) is 11.5 Å². The van der Waals surface area contributed by atoms with E-state index in [9.17, 15) is 18.7 Å². The molecule has 20 heavy (non-hydrogen) atoms. The van der Waals surface area contributed by atoms with Crippen LogP contribution in [0.1, 0.15) is 28.4 Å². The van der Waals surface area contributed by atoms with Gasteiger partial charge in [0, 0.05) is 6.07 Å². The predicted octanol–water partition coefficient (Wildman–Crippen LogP) is 3.38. The molecule has 2 aromatic carbocycles. The van der Waals surface area contributed by atoms with Gasteiger partial charge in [-0.25, -0.2) is 8.78 Å². The van der Waals surface area contributed by atoms with E-state index < -0.39 is 17.7 Å². The Labute approximate surface area is 113 Å².